The minimum atomic E-state index is -0.728. The number of amides is 1. The summed E-state index contributed by atoms with van der Waals surface area (Å²) < 4.78 is 5.24. The predicted molar refractivity (Wildman–Crippen MR) is 94.1 cm³/mol. The number of esters is 1. The normalized spacial score (nSPS) is 16.2. The van der Waals surface area contributed by atoms with E-state index in [4.69, 9.17) is 4.74 Å². The van der Waals surface area contributed by atoms with Crippen molar-refractivity contribution in [1.82, 2.24) is 5.32 Å². The summed E-state index contributed by atoms with van der Waals surface area (Å²) in [6.07, 6.45) is 0.573. The minimum Gasteiger partial charge on any atom is -0.448 e. The van der Waals surface area contributed by atoms with E-state index in [2.05, 4.69) is 17.4 Å². The molecule has 0 fully saturated rings. The van der Waals surface area contributed by atoms with Gasteiger partial charge in [0.25, 0.3) is 5.91 Å². The average Bonchev–Trinajstić information content (AvgIpc) is 2.62. The molecule has 5 heteroatoms. The van der Waals surface area contributed by atoms with Gasteiger partial charge in [-0.2, -0.15) is 0 Å². The number of carbonyl (C=O) groups excluding carboxylic acids is 2. The van der Waals surface area contributed by atoms with E-state index in [0.717, 1.165) is 17.7 Å². The number of ether oxygens (including phenoxy) is 1. The van der Waals surface area contributed by atoms with E-state index in [1.165, 1.54) is 4.90 Å². The maximum Gasteiger partial charge on any atom is 0.339 e. The van der Waals surface area contributed by atoms with Crippen LogP contribution >= 0.6 is 11.8 Å². The first-order valence-corrected chi connectivity index (χ1v) is 8.97. The molecule has 0 radical (unpaired) electrons. The van der Waals surface area contributed by atoms with E-state index >= 15 is 0 Å². The van der Waals surface area contributed by atoms with Crippen molar-refractivity contribution in [1.29, 1.82) is 0 Å². The topological polar surface area (TPSA) is 55.4 Å². The number of hydrogen-bond donors (Lipinski definition) is 1. The first-order chi connectivity index (χ1) is 11.7. The van der Waals surface area contributed by atoms with E-state index in [0.29, 0.717) is 18.5 Å². The van der Waals surface area contributed by atoms with Gasteiger partial charge in [-0.15, -0.1) is 11.8 Å². The van der Waals surface area contributed by atoms with Crippen LogP contribution in [0.15, 0.2) is 59.5 Å². The zero-order chi connectivity index (χ0) is 16.8. The number of carbonyl (C=O) groups is 2. The summed E-state index contributed by atoms with van der Waals surface area (Å²) in [5, 5.41) is 2.86. The van der Waals surface area contributed by atoms with Gasteiger partial charge >= 0.3 is 5.97 Å². The zero-order valence-corrected chi connectivity index (χ0v) is 14.1. The van der Waals surface area contributed by atoms with Gasteiger partial charge in [0.05, 0.1) is 5.56 Å². The Bertz CT molecular complexity index is 718. The summed E-state index contributed by atoms with van der Waals surface area (Å²) in [7, 11) is 0. The molecule has 1 unspecified atom stereocenters. The van der Waals surface area contributed by atoms with Crippen LogP contribution in [0.5, 0.6) is 0 Å². The van der Waals surface area contributed by atoms with Crippen molar-refractivity contribution >= 4 is 23.6 Å². The van der Waals surface area contributed by atoms with Crippen molar-refractivity contribution in [2.75, 3.05) is 12.3 Å². The fourth-order valence-corrected chi connectivity index (χ4v) is 3.46. The lowest BCUT2D eigenvalue weighted by molar-refractivity contribution is -0.130. The van der Waals surface area contributed by atoms with Crippen LogP contribution < -0.4 is 5.32 Å². The van der Waals surface area contributed by atoms with E-state index in [1.807, 2.05) is 30.3 Å². The minimum absolute atomic E-state index is 0.220. The van der Waals surface area contributed by atoms with Gasteiger partial charge in [-0.1, -0.05) is 36.4 Å². The second kappa shape index (κ2) is 8.02. The van der Waals surface area contributed by atoms with Crippen molar-refractivity contribution in [2.45, 2.75) is 23.8 Å². The van der Waals surface area contributed by atoms with Crippen molar-refractivity contribution < 1.29 is 14.3 Å². The van der Waals surface area contributed by atoms with Gasteiger partial charge < -0.3 is 10.1 Å². The van der Waals surface area contributed by atoms with Crippen LogP contribution in [-0.2, 0) is 16.0 Å². The lowest BCUT2D eigenvalue weighted by Crippen LogP contribution is -2.42. The zero-order valence-electron chi connectivity index (χ0n) is 13.2. The molecule has 0 aromatic heterocycles. The highest BCUT2D eigenvalue weighted by molar-refractivity contribution is 7.99. The molecule has 0 bridgehead atoms. The van der Waals surface area contributed by atoms with Crippen LogP contribution in [0.4, 0.5) is 0 Å². The molecule has 1 aliphatic rings. The maximum atomic E-state index is 12.2. The van der Waals surface area contributed by atoms with Crippen LogP contribution in [0.25, 0.3) is 0 Å². The van der Waals surface area contributed by atoms with E-state index in [1.54, 1.807) is 23.9 Å². The summed E-state index contributed by atoms with van der Waals surface area (Å²) in [5.74, 6) is 0.289. The number of benzene rings is 2. The van der Waals surface area contributed by atoms with Gasteiger partial charge in [-0.25, -0.2) is 4.79 Å². The average molecular weight is 341 g/mol. The Balaban J connectivity index is 1.42. The Hall–Kier alpha value is -2.27. The third-order valence-corrected chi connectivity index (χ3v) is 4.91. The van der Waals surface area contributed by atoms with Crippen LogP contribution in [0.3, 0.4) is 0 Å². The largest absolute Gasteiger partial charge is 0.448 e. The second-order valence-electron chi connectivity index (χ2n) is 5.56. The molecule has 3 rings (SSSR count). The standard InChI is InChI=1S/C19H19NO3S/c21-18(20-11-6-12-24-15-8-2-1-3-9-15)17-13-14-7-4-5-10-16(14)19(22)23-17/h1-5,7-10,17H,6,11-13H2,(H,20,21). The number of fused-ring (bicyclic) bond motifs is 1. The highest BCUT2D eigenvalue weighted by Crippen LogP contribution is 2.20. The summed E-state index contributed by atoms with van der Waals surface area (Å²) in [6, 6.07) is 17.4. The molecule has 1 amide bonds. The molecule has 2 aromatic rings. The first kappa shape index (κ1) is 16.6. The highest BCUT2D eigenvalue weighted by Gasteiger charge is 2.30. The third-order valence-electron chi connectivity index (χ3n) is 3.82. The van der Waals surface area contributed by atoms with Crippen LogP contribution in [0.1, 0.15) is 22.3 Å². The molecular weight excluding hydrogens is 322 g/mol. The summed E-state index contributed by atoms with van der Waals surface area (Å²) in [4.78, 5) is 25.3. The molecule has 0 spiro atoms. The van der Waals surface area contributed by atoms with Gasteiger partial charge in [0.1, 0.15) is 0 Å². The van der Waals surface area contributed by atoms with E-state index in [-0.39, 0.29) is 5.91 Å². The first-order valence-electron chi connectivity index (χ1n) is 7.98. The van der Waals surface area contributed by atoms with Crippen molar-refractivity contribution in [3.63, 3.8) is 0 Å². The van der Waals surface area contributed by atoms with Crippen molar-refractivity contribution in [3.8, 4) is 0 Å². The van der Waals surface area contributed by atoms with Gasteiger partial charge in [0, 0.05) is 17.9 Å². The molecule has 1 aliphatic heterocycles. The molecule has 1 atom stereocenters. The number of nitrogens with one attached hydrogen (secondary N) is 1. The molecular formula is C19H19NO3S. The predicted octanol–water partition coefficient (Wildman–Crippen LogP) is 3.07. The van der Waals surface area contributed by atoms with Gasteiger partial charge in [0.2, 0.25) is 0 Å². The van der Waals surface area contributed by atoms with Crippen LogP contribution in [0.2, 0.25) is 0 Å². The molecule has 1 N–H and O–H groups in total. The molecule has 2 aromatic carbocycles. The van der Waals surface area contributed by atoms with Crippen LogP contribution in [0, 0.1) is 0 Å². The number of rotatable bonds is 6. The van der Waals surface area contributed by atoms with E-state index in [9.17, 15) is 9.59 Å². The van der Waals surface area contributed by atoms with Gasteiger partial charge in [-0.3, -0.25) is 4.79 Å². The number of thioether (sulfide) groups is 1. The molecule has 0 aliphatic carbocycles. The Labute approximate surface area is 145 Å². The molecule has 0 saturated heterocycles. The number of cyclic esters (lactones) is 1. The van der Waals surface area contributed by atoms with Gasteiger partial charge in [-0.05, 0) is 35.9 Å². The monoisotopic (exact) mass is 341 g/mol. The van der Waals surface area contributed by atoms with Gasteiger partial charge in [0.15, 0.2) is 6.10 Å². The molecule has 1 heterocycles. The number of hydrogen-bond acceptors (Lipinski definition) is 4. The van der Waals surface area contributed by atoms with Crippen molar-refractivity contribution in [2.24, 2.45) is 0 Å². The summed E-state index contributed by atoms with van der Waals surface area (Å²) in [5.41, 5.74) is 1.43. The lowest BCUT2D eigenvalue weighted by Gasteiger charge is -2.23. The highest BCUT2D eigenvalue weighted by atomic mass is 32.2. The maximum absolute atomic E-state index is 12.2. The quantitative estimate of drug-likeness (QED) is 0.498. The van der Waals surface area contributed by atoms with Crippen LogP contribution in [-0.4, -0.2) is 30.3 Å². The third kappa shape index (κ3) is 4.17. The Kier molecular flexibility index (Phi) is 5.54. The molecule has 4 nitrogen and oxygen atoms in total. The summed E-state index contributed by atoms with van der Waals surface area (Å²) >= 11 is 1.76. The lowest BCUT2D eigenvalue weighted by atomic mass is 9.98. The summed E-state index contributed by atoms with van der Waals surface area (Å²) in [6.45, 7) is 0.578. The Morgan fingerprint density at radius 1 is 1.12 bits per heavy atom. The smallest absolute Gasteiger partial charge is 0.339 e. The van der Waals surface area contributed by atoms with E-state index < -0.39 is 12.1 Å². The Morgan fingerprint density at radius 2 is 1.88 bits per heavy atom. The second-order valence-corrected chi connectivity index (χ2v) is 6.73. The molecule has 124 valence electrons. The fraction of sp³-hybridized carbons (Fsp3) is 0.263. The molecule has 24 heavy (non-hydrogen) atoms. The Morgan fingerprint density at radius 3 is 2.71 bits per heavy atom. The fourth-order valence-electron chi connectivity index (χ4n) is 2.58. The van der Waals surface area contributed by atoms with Crippen molar-refractivity contribution in [3.05, 3.63) is 65.7 Å². The SMILES string of the molecule is O=C1OC(C(=O)NCCCSc2ccccc2)Cc2ccccc21. The molecule has 0 saturated carbocycles.